The summed E-state index contributed by atoms with van der Waals surface area (Å²) in [5, 5.41) is 0. The van der Waals surface area contributed by atoms with E-state index in [9.17, 15) is 22.3 Å². The lowest BCUT2D eigenvalue weighted by Gasteiger charge is -2.24. The summed E-state index contributed by atoms with van der Waals surface area (Å²) in [6.07, 6.45) is -0.179. The van der Waals surface area contributed by atoms with E-state index >= 15 is 0 Å². The predicted molar refractivity (Wildman–Crippen MR) is 35.0 cm³/mol. The lowest BCUT2D eigenvalue weighted by molar-refractivity contribution is -0.123. The SMILES string of the molecule is CCC(=O)N(S(=O)[O-])S(=O)[O-]. The van der Waals surface area contributed by atoms with E-state index in [1.54, 1.807) is 0 Å². The van der Waals surface area contributed by atoms with Crippen molar-refractivity contribution in [2.45, 2.75) is 13.3 Å². The first-order chi connectivity index (χ1) is 5.00. The average molecular weight is 199 g/mol. The van der Waals surface area contributed by atoms with E-state index in [0.29, 0.717) is 0 Å². The van der Waals surface area contributed by atoms with Gasteiger partial charge < -0.3 is 9.11 Å². The topological polar surface area (TPSA) is 101 Å². The van der Waals surface area contributed by atoms with Gasteiger partial charge in [-0.05, 0) is 0 Å². The maximum Gasteiger partial charge on any atom is 0.244 e. The number of amides is 1. The van der Waals surface area contributed by atoms with Crippen LogP contribution in [0, 0.1) is 0 Å². The summed E-state index contributed by atoms with van der Waals surface area (Å²) >= 11 is -6.08. The number of carbonyl (C=O) groups is 1. The zero-order valence-corrected chi connectivity index (χ0v) is 7.15. The minimum Gasteiger partial charge on any atom is -0.754 e. The van der Waals surface area contributed by atoms with E-state index in [2.05, 4.69) is 0 Å². The minimum atomic E-state index is -3.04. The molecule has 0 aliphatic rings. The molecule has 66 valence electrons. The molecule has 6 nitrogen and oxygen atoms in total. The summed E-state index contributed by atoms with van der Waals surface area (Å²) in [7, 11) is 0. The van der Waals surface area contributed by atoms with Crippen molar-refractivity contribution in [1.82, 2.24) is 3.71 Å². The van der Waals surface area contributed by atoms with Crippen LogP contribution in [0.2, 0.25) is 0 Å². The molecule has 0 heterocycles. The highest BCUT2D eigenvalue weighted by molar-refractivity contribution is 7.93. The van der Waals surface area contributed by atoms with Crippen LogP contribution in [0.4, 0.5) is 0 Å². The molecule has 1 amide bonds. The highest BCUT2D eigenvalue weighted by Gasteiger charge is 2.11. The fourth-order valence-electron chi connectivity index (χ4n) is 0.345. The van der Waals surface area contributed by atoms with Crippen molar-refractivity contribution in [3.05, 3.63) is 0 Å². The number of rotatable bonds is 3. The predicted octanol–water partition coefficient (Wildman–Crippen LogP) is -1.19. The minimum absolute atomic E-state index is 0.179. The van der Waals surface area contributed by atoms with Crippen molar-refractivity contribution in [2.24, 2.45) is 0 Å². The lowest BCUT2D eigenvalue weighted by atomic mass is 10.5. The Morgan fingerprint density at radius 1 is 1.36 bits per heavy atom. The molecule has 0 N–H and O–H groups in total. The number of carbonyl (C=O) groups excluding carboxylic acids is 1. The van der Waals surface area contributed by atoms with E-state index in [1.807, 2.05) is 0 Å². The molecular weight excluding hydrogens is 194 g/mol. The molecule has 0 fully saturated rings. The highest BCUT2D eigenvalue weighted by Crippen LogP contribution is 1.99. The van der Waals surface area contributed by atoms with Gasteiger partial charge in [0, 0.05) is 6.42 Å². The normalized spacial score (nSPS) is 15.5. The fraction of sp³-hybridized carbons (Fsp3) is 0.667. The molecular formula is C3H5NO5S2-2. The second kappa shape index (κ2) is 4.54. The summed E-state index contributed by atoms with van der Waals surface area (Å²) in [5.74, 6) is -0.980. The standard InChI is InChI=1S/C3H7NO5S2/c1-2-3(5)4(10(6)7)11(8)9/h2H2,1H3,(H,6,7)(H,8,9)/p-2. The van der Waals surface area contributed by atoms with Gasteiger partial charge in [-0.1, -0.05) is 6.92 Å². The first-order valence-electron chi connectivity index (χ1n) is 2.52. The van der Waals surface area contributed by atoms with E-state index in [1.165, 1.54) is 6.92 Å². The van der Waals surface area contributed by atoms with Gasteiger partial charge in [-0.15, -0.1) is 0 Å². The van der Waals surface area contributed by atoms with Crippen molar-refractivity contribution in [2.75, 3.05) is 0 Å². The van der Waals surface area contributed by atoms with Gasteiger partial charge in [0.1, 0.15) is 0 Å². The Kier molecular flexibility index (Phi) is 4.42. The van der Waals surface area contributed by atoms with Crippen LogP contribution in [0.1, 0.15) is 13.3 Å². The van der Waals surface area contributed by atoms with Crippen LogP contribution in [0.5, 0.6) is 0 Å². The third-order valence-electron chi connectivity index (χ3n) is 0.777. The Bertz CT molecular complexity index is 190. The summed E-state index contributed by atoms with van der Waals surface area (Å²) in [6.45, 7) is 1.36. The molecule has 0 radical (unpaired) electrons. The maximum absolute atomic E-state index is 10.5. The van der Waals surface area contributed by atoms with Gasteiger partial charge in [-0.2, -0.15) is 3.71 Å². The fourth-order valence-corrected chi connectivity index (χ4v) is 1.33. The Labute approximate surface area is 68.4 Å². The Hall–Kier alpha value is -0.310. The van der Waals surface area contributed by atoms with Gasteiger partial charge in [0.05, 0.1) is 22.5 Å². The van der Waals surface area contributed by atoms with E-state index in [0.717, 1.165) is 0 Å². The highest BCUT2D eigenvalue weighted by atomic mass is 32.3. The summed E-state index contributed by atoms with van der Waals surface area (Å²) in [4.78, 5) is 10.5. The molecule has 0 aliphatic carbocycles. The van der Waals surface area contributed by atoms with Crippen LogP contribution in [-0.2, 0) is 27.3 Å². The summed E-state index contributed by atoms with van der Waals surface area (Å²) in [6, 6.07) is 0. The second-order valence-electron chi connectivity index (χ2n) is 1.44. The smallest absolute Gasteiger partial charge is 0.244 e. The monoisotopic (exact) mass is 199 g/mol. The van der Waals surface area contributed by atoms with Gasteiger partial charge in [-0.3, -0.25) is 13.2 Å². The molecule has 0 spiro atoms. The van der Waals surface area contributed by atoms with Gasteiger partial charge in [0.2, 0.25) is 5.91 Å². The molecule has 11 heavy (non-hydrogen) atoms. The van der Waals surface area contributed by atoms with Crippen molar-refractivity contribution in [1.29, 1.82) is 0 Å². The molecule has 2 atom stereocenters. The Morgan fingerprint density at radius 2 is 1.73 bits per heavy atom. The summed E-state index contributed by atoms with van der Waals surface area (Å²) < 4.78 is 40.0. The van der Waals surface area contributed by atoms with Crippen molar-refractivity contribution in [3.8, 4) is 0 Å². The first kappa shape index (κ1) is 10.7. The van der Waals surface area contributed by atoms with Crippen LogP contribution in [0.3, 0.4) is 0 Å². The van der Waals surface area contributed by atoms with Crippen LogP contribution >= 0.6 is 0 Å². The zero-order valence-electron chi connectivity index (χ0n) is 5.51. The molecule has 0 bridgehead atoms. The van der Waals surface area contributed by atoms with Crippen LogP contribution in [0.25, 0.3) is 0 Å². The number of hydrogen-bond acceptors (Lipinski definition) is 5. The van der Waals surface area contributed by atoms with Gasteiger partial charge in [0.15, 0.2) is 0 Å². The quantitative estimate of drug-likeness (QED) is 0.532. The van der Waals surface area contributed by atoms with E-state index in [-0.39, 0.29) is 10.1 Å². The molecule has 0 aromatic rings. The molecule has 2 unspecified atom stereocenters. The molecule has 0 saturated carbocycles. The molecule has 0 rings (SSSR count). The number of nitrogens with zero attached hydrogens (tertiary/aromatic N) is 1. The van der Waals surface area contributed by atoms with Gasteiger partial charge in [0.25, 0.3) is 0 Å². The third-order valence-corrected chi connectivity index (χ3v) is 2.46. The Balaban J connectivity index is 4.47. The molecule has 0 aromatic heterocycles. The van der Waals surface area contributed by atoms with Crippen LogP contribution < -0.4 is 0 Å². The average Bonchev–Trinajstić information content (AvgIpc) is 1.85. The molecule has 0 saturated heterocycles. The first-order valence-corrected chi connectivity index (χ1v) is 4.58. The maximum atomic E-state index is 10.5. The lowest BCUT2D eigenvalue weighted by Crippen LogP contribution is -2.33. The van der Waals surface area contributed by atoms with Crippen LogP contribution in [0.15, 0.2) is 0 Å². The Morgan fingerprint density at radius 3 is 1.82 bits per heavy atom. The second-order valence-corrected chi connectivity index (χ2v) is 3.27. The van der Waals surface area contributed by atoms with E-state index < -0.39 is 28.4 Å². The zero-order chi connectivity index (χ0) is 9.02. The summed E-state index contributed by atoms with van der Waals surface area (Å²) in [5.41, 5.74) is 0. The van der Waals surface area contributed by atoms with Crippen molar-refractivity contribution < 1.29 is 22.3 Å². The number of hydrogen-bond donors (Lipinski definition) is 0. The van der Waals surface area contributed by atoms with Crippen LogP contribution in [-0.4, -0.2) is 27.1 Å². The van der Waals surface area contributed by atoms with Crippen molar-refractivity contribution in [3.63, 3.8) is 0 Å². The van der Waals surface area contributed by atoms with Gasteiger partial charge >= 0.3 is 0 Å². The van der Waals surface area contributed by atoms with Crippen molar-refractivity contribution >= 4 is 28.4 Å². The third kappa shape index (κ3) is 3.06. The molecule has 0 aromatic carbocycles. The largest absolute Gasteiger partial charge is 0.754 e. The van der Waals surface area contributed by atoms with Gasteiger partial charge in [-0.25, -0.2) is 0 Å². The van der Waals surface area contributed by atoms with E-state index in [4.69, 9.17) is 0 Å². The molecule has 8 heteroatoms. The molecule has 0 aliphatic heterocycles.